The number of rotatable bonds is 7. The van der Waals surface area contributed by atoms with Crippen LogP contribution in [-0.2, 0) is 16.4 Å². The molecule has 0 bridgehead atoms. The van der Waals surface area contributed by atoms with E-state index in [2.05, 4.69) is 10.0 Å². The van der Waals surface area contributed by atoms with Crippen LogP contribution in [0.4, 0.5) is 0 Å². The van der Waals surface area contributed by atoms with Crippen molar-refractivity contribution in [3.8, 4) is 0 Å². The lowest BCUT2D eigenvalue weighted by Gasteiger charge is -2.11. The van der Waals surface area contributed by atoms with E-state index < -0.39 is 10.0 Å². The molecule has 0 spiro atoms. The molecule has 1 aliphatic heterocycles. The fourth-order valence-electron chi connectivity index (χ4n) is 2.36. The van der Waals surface area contributed by atoms with E-state index in [0.717, 1.165) is 24.9 Å². The summed E-state index contributed by atoms with van der Waals surface area (Å²) in [6.07, 6.45) is 3.81. The number of hydrogen-bond acceptors (Lipinski definition) is 3. The van der Waals surface area contributed by atoms with Crippen LogP contribution in [0.15, 0.2) is 30.3 Å². The average Bonchev–Trinajstić information content (AvgIpc) is 2.91. The van der Waals surface area contributed by atoms with Gasteiger partial charge in [0.05, 0.1) is 5.75 Å². The number of hydrogen-bond donors (Lipinski definition) is 2. The van der Waals surface area contributed by atoms with Gasteiger partial charge in [-0.2, -0.15) is 0 Å². The van der Waals surface area contributed by atoms with Gasteiger partial charge in [-0.05, 0) is 37.8 Å². The van der Waals surface area contributed by atoms with E-state index in [1.807, 2.05) is 30.3 Å². The van der Waals surface area contributed by atoms with Crippen LogP contribution in [0.1, 0.15) is 24.8 Å². The molecule has 0 amide bonds. The summed E-state index contributed by atoms with van der Waals surface area (Å²) in [4.78, 5) is 0. The van der Waals surface area contributed by atoms with Gasteiger partial charge < -0.3 is 5.32 Å². The van der Waals surface area contributed by atoms with Crippen LogP contribution in [0.5, 0.6) is 0 Å². The van der Waals surface area contributed by atoms with Crippen molar-refractivity contribution in [2.45, 2.75) is 31.7 Å². The summed E-state index contributed by atoms with van der Waals surface area (Å²) in [5.41, 5.74) is 1.06. The Bertz CT molecular complexity index is 473. The number of sulfonamides is 1. The second-order valence-corrected chi connectivity index (χ2v) is 6.96. The van der Waals surface area contributed by atoms with Crippen molar-refractivity contribution in [2.24, 2.45) is 0 Å². The number of halogens is 1. The lowest BCUT2D eigenvalue weighted by Crippen LogP contribution is -2.32. The van der Waals surface area contributed by atoms with Gasteiger partial charge in [-0.15, -0.1) is 12.4 Å². The molecule has 0 saturated carbocycles. The molecule has 1 aromatic carbocycles. The van der Waals surface area contributed by atoms with Crippen LogP contribution >= 0.6 is 12.4 Å². The molecule has 20 heavy (non-hydrogen) atoms. The van der Waals surface area contributed by atoms with Gasteiger partial charge >= 0.3 is 0 Å². The van der Waals surface area contributed by atoms with E-state index in [-0.39, 0.29) is 18.2 Å². The third-order valence-electron chi connectivity index (χ3n) is 3.48. The minimum Gasteiger partial charge on any atom is -0.314 e. The highest BCUT2D eigenvalue weighted by Gasteiger charge is 2.15. The van der Waals surface area contributed by atoms with Gasteiger partial charge in [0.15, 0.2) is 0 Å². The summed E-state index contributed by atoms with van der Waals surface area (Å²) < 4.78 is 26.4. The molecule has 6 heteroatoms. The standard InChI is InChI=1S/C14H22N2O2S.ClH/c17-19(18,12-9-13-5-2-1-3-6-13)16-11-8-14-7-4-10-15-14;/h1-3,5-6,14-16H,4,7-12H2;1H/t14-;/m1./s1. The number of aryl methyl sites for hydroxylation is 1. The van der Waals surface area contributed by atoms with E-state index in [4.69, 9.17) is 0 Å². The molecule has 0 radical (unpaired) electrons. The predicted molar refractivity (Wildman–Crippen MR) is 84.8 cm³/mol. The summed E-state index contributed by atoms with van der Waals surface area (Å²) in [6, 6.07) is 10.2. The van der Waals surface area contributed by atoms with Gasteiger partial charge in [0.2, 0.25) is 10.0 Å². The van der Waals surface area contributed by atoms with Crippen molar-refractivity contribution in [2.75, 3.05) is 18.8 Å². The molecule has 4 nitrogen and oxygen atoms in total. The maximum atomic E-state index is 11.8. The second kappa shape index (κ2) is 8.62. The Morgan fingerprint density at radius 2 is 2.00 bits per heavy atom. The quantitative estimate of drug-likeness (QED) is 0.804. The van der Waals surface area contributed by atoms with Gasteiger partial charge in [0.1, 0.15) is 0 Å². The Balaban J connectivity index is 0.00000200. The third-order valence-corrected chi connectivity index (χ3v) is 4.86. The van der Waals surface area contributed by atoms with Crippen molar-refractivity contribution >= 4 is 22.4 Å². The van der Waals surface area contributed by atoms with E-state index in [1.54, 1.807) is 0 Å². The molecule has 114 valence electrons. The molecule has 0 aliphatic carbocycles. The van der Waals surface area contributed by atoms with Gasteiger partial charge in [-0.1, -0.05) is 30.3 Å². The monoisotopic (exact) mass is 318 g/mol. The SMILES string of the molecule is Cl.O=S(=O)(CCc1ccccc1)NCC[C@H]1CCCN1. The number of benzene rings is 1. The van der Waals surface area contributed by atoms with E-state index in [9.17, 15) is 8.42 Å². The molecular formula is C14H23ClN2O2S. The summed E-state index contributed by atoms with van der Waals surface area (Å²) >= 11 is 0. The van der Waals surface area contributed by atoms with Crippen LogP contribution in [0, 0.1) is 0 Å². The second-order valence-electron chi connectivity index (χ2n) is 5.03. The third kappa shape index (κ3) is 6.22. The fraction of sp³-hybridized carbons (Fsp3) is 0.571. The highest BCUT2D eigenvalue weighted by atomic mass is 35.5. The molecule has 2 N–H and O–H groups in total. The van der Waals surface area contributed by atoms with Crippen molar-refractivity contribution < 1.29 is 8.42 Å². The van der Waals surface area contributed by atoms with Crippen LogP contribution in [0.2, 0.25) is 0 Å². The van der Waals surface area contributed by atoms with Crippen molar-refractivity contribution in [1.82, 2.24) is 10.0 Å². The Morgan fingerprint density at radius 1 is 1.25 bits per heavy atom. The van der Waals surface area contributed by atoms with Gasteiger partial charge in [0.25, 0.3) is 0 Å². The van der Waals surface area contributed by atoms with Gasteiger partial charge in [0, 0.05) is 12.6 Å². The minimum atomic E-state index is -3.15. The molecule has 1 saturated heterocycles. The summed E-state index contributed by atoms with van der Waals surface area (Å²) in [7, 11) is -3.15. The fourth-order valence-corrected chi connectivity index (χ4v) is 3.44. The zero-order valence-corrected chi connectivity index (χ0v) is 13.2. The first-order chi connectivity index (χ1) is 9.16. The first-order valence-corrected chi connectivity index (χ1v) is 8.55. The minimum absolute atomic E-state index is 0. The zero-order valence-electron chi connectivity index (χ0n) is 11.5. The lowest BCUT2D eigenvalue weighted by atomic mass is 10.2. The Hall–Kier alpha value is -0.620. The molecule has 1 aliphatic rings. The molecule has 1 aromatic rings. The van der Waals surface area contributed by atoms with Crippen LogP contribution in [0.3, 0.4) is 0 Å². The van der Waals surface area contributed by atoms with Crippen molar-refractivity contribution in [1.29, 1.82) is 0 Å². The Morgan fingerprint density at radius 3 is 2.65 bits per heavy atom. The van der Waals surface area contributed by atoms with Gasteiger partial charge in [-0.25, -0.2) is 13.1 Å². The molecule has 0 aromatic heterocycles. The van der Waals surface area contributed by atoms with Crippen LogP contribution in [-0.4, -0.2) is 33.3 Å². The zero-order chi connectivity index (χ0) is 13.6. The molecule has 2 rings (SSSR count). The first kappa shape index (κ1) is 17.4. The summed E-state index contributed by atoms with van der Waals surface area (Å²) in [5, 5.41) is 3.37. The molecule has 1 fully saturated rings. The smallest absolute Gasteiger partial charge is 0.211 e. The predicted octanol–water partition coefficient (Wildman–Crippen LogP) is 1.71. The lowest BCUT2D eigenvalue weighted by molar-refractivity contribution is 0.539. The average molecular weight is 319 g/mol. The summed E-state index contributed by atoms with van der Waals surface area (Å²) in [5.74, 6) is 0.162. The molecule has 1 heterocycles. The van der Waals surface area contributed by atoms with E-state index in [0.29, 0.717) is 19.0 Å². The van der Waals surface area contributed by atoms with E-state index >= 15 is 0 Å². The van der Waals surface area contributed by atoms with Crippen LogP contribution in [0.25, 0.3) is 0 Å². The molecule has 0 unspecified atom stereocenters. The highest BCUT2D eigenvalue weighted by Crippen LogP contribution is 2.08. The topological polar surface area (TPSA) is 58.2 Å². The van der Waals surface area contributed by atoms with Crippen molar-refractivity contribution in [3.63, 3.8) is 0 Å². The highest BCUT2D eigenvalue weighted by molar-refractivity contribution is 7.89. The maximum Gasteiger partial charge on any atom is 0.211 e. The summed E-state index contributed by atoms with van der Waals surface area (Å²) in [6.45, 7) is 1.60. The normalized spacial score (nSPS) is 18.7. The first-order valence-electron chi connectivity index (χ1n) is 6.90. The molecule has 1 atom stereocenters. The maximum absolute atomic E-state index is 11.8. The van der Waals surface area contributed by atoms with E-state index in [1.165, 1.54) is 6.42 Å². The van der Waals surface area contributed by atoms with Gasteiger partial charge in [-0.3, -0.25) is 0 Å². The number of nitrogens with one attached hydrogen (secondary N) is 2. The van der Waals surface area contributed by atoms with Crippen molar-refractivity contribution in [3.05, 3.63) is 35.9 Å². The Labute approximate surface area is 127 Å². The largest absolute Gasteiger partial charge is 0.314 e. The van der Waals surface area contributed by atoms with Crippen LogP contribution < -0.4 is 10.0 Å². The Kier molecular flexibility index (Phi) is 7.51. The molecular weight excluding hydrogens is 296 g/mol.